The van der Waals surface area contributed by atoms with Crippen LogP contribution in [0.3, 0.4) is 0 Å². The molecule has 0 fully saturated rings. The van der Waals surface area contributed by atoms with Crippen LogP contribution < -0.4 is 4.72 Å². The lowest BCUT2D eigenvalue weighted by Crippen LogP contribution is -2.27. The van der Waals surface area contributed by atoms with Gasteiger partial charge in [0.25, 0.3) is 10.0 Å². The maximum Gasteiger partial charge on any atom is 0.303 e. The molecule has 10 heteroatoms. The molecule has 0 saturated heterocycles. The number of carboxylic acids is 1. The number of aryl methyl sites for hydroxylation is 1. The Balaban J connectivity index is 1.66. The van der Waals surface area contributed by atoms with Crippen molar-refractivity contribution < 1.29 is 27.5 Å². The van der Waals surface area contributed by atoms with Crippen LogP contribution in [-0.4, -0.2) is 36.1 Å². The first-order valence-corrected chi connectivity index (χ1v) is 12.1. The Kier molecular flexibility index (Phi) is 6.51. The van der Waals surface area contributed by atoms with Crippen LogP contribution in [0.1, 0.15) is 42.2 Å². The van der Waals surface area contributed by atoms with Crippen LogP contribution >= 0.6 is 0 Å². The lowest BCUT2D eigenvalue weighted by atomic mass is 10.0. The summed E-state index contributed by atoms with van der Waals surface area (Å²) in [6, 6.07) is 16.1. The van der Waals surface area contributed by atoms with Gasteiger partial charge in [0.2, 0.25) is 5.91 Å². The van der Waals surface area contributed by atoms with Gasteiger partial charge in [0, 0.05) is 18.4 Å². The van der Waals surface area contributed by atoms with Gasteiger partial charge in [0.05, 0.1) is 29.0 Å². The number of rotatable bonds is 8. The minimum absolute atomic E-state index is 0.125. The molecule has 9 nitrogen and oxygen atoms in total. The molecule has 2 aromatic carbocycles. The fraction of sp³-hybridized carbons (Fsp3) is 0.208. The average molecular weight is 482 g/mol. The molecule has 1 atom stereocenters. The molecular formula is C24H23N3O6S. The number of para-hydroxylation sites is 1. The number of carbonyl (C=O) groups excluding carboxylic acids is 1. The molecule has 34 heavy (non-hydrogen) atoms. The van der Waals surface area contributed by atoms with Crippen molar-refractivity contribution in [1.82, 2.24) is 5.01 Å². The largest absolute Gasteiger partial charge is 0.481 e. The molecule has 0 bridgehead atoms. The number of benzene rings is 2. The van der Waals surface area contributed by atoms with Crippen molar-refractivity contribution in [2.45, 2.75) is 37.1 Å². The third-order valence-electron chi connectivity index (χ3n) is 5.40. The molecule has 0 radical (unpaired) electrons. The number of carboxylic acid groups (broad SMARTS) is 1. The highest BCUT2D eigenvalue weighted by Gasteiger charge is 2.35. The van der Waals surface area contributed by atoms with E-state index in [4.69, 9.17) is 9.52 Å². The zero-order valence-corrected chi connectivity index (χ0v) is 19.2. The number of hydrogen-bond donors (Lipinski definition) is 2. The number of nitrogens with one attached hydrogen (secondary N) is 1. The number of nitrogens with zero attached hydrogens (tertiary/aromatic N) is 2. The van der Waals surface area contributed by atoms with Crippen molar-refractivity contribution in [1.29, 1.82) is 0 Å². The summed E-state index contributed by atoms with van der Waals surface area (Å²) in [7, 11) is -3.86. The van der Waals surface area contributed by atoms with Gasteiger partial charge in [0.1, 0.15) is 11.8 Å². The first-order chi connectivity index (χ1) is 16.2. The highest BCUT2D eigenvalue weighted by molar-refractivity contribution is 7.92. The molecule has 1 aliphatic heterocycles. The molecule has 1 aromatic heterocycles. The van der Waals surface area contributed by atoms with E-state index in [0.717, 1.165) is 5.56 Å². The van der Waals surface area contributed by atoms with E-state index in [1.54, 1.807) is 48.5 Å². The van der Waals surface area contributed by atoms with E-state index in [9.17, 15) is 18.0 Å². The second-order valence-electron chi connectivity index (χ2n) is 7.88. The standard InChI is InChI=1S/C24H23N3O6S/c1-16-8-10-17(11-9-16)34(31,32)26-19-6-3-2-5-18(19)20-15-21(22-7-4-14-33-22)27(25-20)23(28)12-13-24(29)30/h2-11,14,21,26H,12-13,15H2,1H3,(H,29,30). The number of aliphatic carboxylic acids is 1. The second kappa shape index (κ2) is 9.52. The molecule has 3 aromatic rings. The van der Waals surface area contributed by atoms with Crippen LogP contribution in [-0.2, 0) is 19.6 Å². The van der Waals surface area contributed by atoms with Gasteiger partial charge in [-0.1, -0.05) is 35.9 Å². The minimum Gasteiger partial charge on any atom is -0.481 e. The quantitative estimate of drug-likeness (QED) is 0.501. The Bertz CT molecular complexity index is 1330. The summed E-state index contributed by atoms with van der Waals surface area (Å²) >= 11 is 0. The van der Waals surface area contributed by atoms with Crippen LogP contribution in [0.2, 0.25) is 0 Å². The number of anilines is 1. The molecule has 4 rings (SSSR count). The molecule has 0 saturated carbocycles. The number of furan rings is 1. The third-order valence-corrected chi connectivity index (χ3v) is 6.79. The van der Waals surface area contributed by atoms with E-state index < -0.39 is 27.9 Å². The topological polar surface area (TPSA) is 129 Å². The van der Waals surface area contributed by atoms with E-state index >= 15 is 0 Å². The van der Waals surface area contributed by atoms with Gasteiger partial charge in [-0.15, -0.1) is 0 Å². The van der Waals surface area contributed by atoms with Gasteiger partial charge in [0.15, 0.2) is 0 Å². The van der Waals surface area contributed by atoms with Gasteiger partial charge in [-0.2, -0.15) is 5.10 Å². The Morgan fingerprint density at radius 2 is 1.82 bits per heavy atom. The molecule has 1 aliphatic rings. The normalized spacial score (nSPS) is 15.7. The molecular weight excluding hydrogens is 458 g/mol. The zero-order chi connectivity index (χ0) is 24.3. The van der Waals surface area contributed by atoms with Crippen LogP contribution in [0, 0.1) is 6.92 Å². The lowest BCUT2D eigenvalue weighted by Gasteiger charge is -2.19. The highest BCUT2D eigenvalue weighted by Crippen LogP contribution is 2.35. The Morgan fingerprint density at radius 1 is 1.09 bits per heavy atom. The lowest BCUT2D eigenvalue weighted by molar-refractivity contribution is -0.141. The molecule has 1 unspecified atom stereocenters. The van der Waals surface area contributed by atoms with E-state index in [0.29, 0.717) is 22.7 Å². The number of carbonyl (C=O) groups is 2. The van der Waals surface area contributed by atoms with Crippen LogP contribution in [0.15, 0.2) is 81.3 Å². The molecule has 2 N–H and O–H groups in total. The molecule has 1 amide bonds. The van der Waals surface area contributed by atoms with Crippen molar-refractivity contribution in [2.24, 2.45) is 5.10 Å². The van der Waals surface area contributed by atoms with Crippen molar-refractivity contribution in [3.63, 3.8) is 0 Å². The second-order valence-corrected chi connectivity index (χ2v) is 9.56. The third kappa shape index (κ3) is 5.01. The van der Waals surface area contributed by atoms with E-state index in [1.165, 1.54) is 23.4 Å². The SMILES string of the molecule is Cc1ccc(S(=O)(=O)Nc2ccccc2C2=NN(C(=O)CCC(=O)O)C(c3ccco3)C2)cc1. The minimum atomic E-state index is -3.86. The molecule has 0 aliphatic carbocycles. The van der Waals surface area contributed by atoms with Crippen molar-refractivity contribution in [3.05, 3.63) is 83.8 Å². The number of hydrogen-bond acceptors (Lipinski definition) is 6. The van der Waals surface area contributed by atoms with Crippen LogP contribution in [0.4, 0.5) is 5.69 Å². The fourth-order valence-corrected chi connectivity index (χ4v) is 4.76. The summed E-state index contributed by atoms with van der Waals surface area (Å²) in [5.41, 5.74) is 2.26. The molecule has 0 spiro atoms. The van der Waals surface area contributed by atoms with Gasteiger partial charge in [-0.05, 0) is 37.3 Å². The van der Waals surface area contributed by atoms with Gasteiger partial charge in [-0.3, -0.25) is 14.3 Å². The van der Waals surface area contributed by atoms with Gasteiger partial charge < -0.3 is 9.52 Å². The summed E-state index contributed by atoms with van der Waals surface area (Å²) in [5.74, 6) is -1.04. The maximum atomic E-state index is 13.0. The number of hydrazone groups is 1. The first kappa shape index (κ1) is 23.2. The number of sulfonamides is 1. The van der Waals surface area contributed by atoms with Crippen molar-refractivity contribution in [2.75, 3.05) is 4.72 Å². The summed E-state index contributed by atoms with van der Waals surface area (Å²) < 4.78 is 34.0. The summed E-state index contributed by atoms with van der Waals surface area (Å²) in [6.07, 6.45) is 1.22. The van der Waals surface area contributed by atoms with E-state index in [1.807, 2.05) is 6.92 Å². The van der Waals surface area contributed by atoms with Gasteiger partial charge in [-0.25, -0.2) is 13.4 Å². The van der Waals surface area contributed by atoms with Crippen molar-refractivity contribution in [3.8, 4) is 0 Å². The Morgan fingerprint density at radius 3 is 2.50 bits per heavy atom. The highest BCUT2D eigenvalue weighted by atomic mass is 32.2. The van der Waals surface area contributed by atoms with Crippen molar-refractivity contribution >= 4 is 33.3 Å². The Labute approximate surface area is 196 Å². The fourth-order valence-electron chi connectivity index (χ4n) is 3.68. The predicted octanol–water partition coefficient (Wildman–Crippen LogP) is 3.93. The zero-order valence-electron chi connectivity index (χ0n) is 18.3. The van der Waals surface area contributed by atoms with Crippen LogP contribution in [0.25, 0.3) is 0 Å². The van der Waals surface area contributed by atoms with E-state index in [-0.39, 0.29) is 24.2 Å². The summed E-state index contributed by atoms with van der Waals surface area (Å²) in [4.78, 5) is 23.8. The summed E-state index contributed by atoms with van der Waals surface area (Å²) in [6.45, 7) is 1.87. The number of amides is 1. The Hall–Kier alpha value is -3.92. The summed E-state index contributed by atoms with van der Waals surface area (Å²) in [5, 5.41) is 14.6. The monoisotopic (exact) mass is 481 g/mol. The molecule has 176 valence electrons. The van der Waals surface area contributed by atoms with E-state index in [2.05, 4.69) is 9.82 Å². The molecule has 2 heterocycles. The van der Waals surface area contributed by atoms with Gasteiger partial charge >= 0.3 is 5.97 Å². The first-order valence-electron chi connectivity index (χ1n) is 10.6. The van der Waals surface area contributed by atoms with Crippen LogP contribution in [0.5, 0.6) is 0 Å². The maximum absolute atomic E-state index is 13.0. The predicted molar refractivity (Wildman–Crippen MR) is 125 cm³/mol. The smallest absolute Gasteiger partial charge is 0.303 e. The average Bonchev–Trinajstić information content (AvgIpc) is 3.48.